The fourth-order valence-electron chi connectivity index (χ4n) is 4.70. The van der Waals surface area contributed by atoms with Crippen LogP contribution in [0.5, 0.6) is 0 Å². The first-order valence-electron chi connectivity index (χ1n) is 8.63. The van der Waals surface area contributed by atoms with Gasteiger partial charge in [0.1, 0.15) is 5.78 Å². The normalized spacial score (nSPS) is 32.5. The predicted molar refractivity (Wildman–Crippen MR) is 89.1 cm³/mol. The summed E-state index contributed by atoms with van der Waals surface area (Å²) in [5.74, 6) is 0.115. The molecule has 2 heterocycles. The van der Waals surface area contributed by atoms with Crippen LogP contribution in [0.4, 0.5) is 0 Å². The number of aliphatic hydroxyl groups is 1. The van der Waals surface area contributed by atoms with Crippen LogP contribution in [0.2, 0.25) is 0 Å². The smallest absolute Gasteiger partial charge is 0.137 e. The first kappa shape index (κ1) is 16.6. The molecular formula is C19H27NO3. The van der Waals surface area contributed by atoms with E-state index in [1.807, 2.05) is 18.2 Å². The lowest BCUT2D eigenvalue weighted by Gasteiger charge is -2.38. The second-order valence-electron chi connectivity index (χ2n) is 6.84. The number of carbonyl (C=O) groups is 1. The maximum Gasteiger partial charge on any atom is 0.137 e. The molecule has 2 fully saturated rings. The van der Waals surface area contributed by atoms with Gasteiger partial charge >= 0.3 is 0 Å². The minimum absolute atomic E-state index is 0.000385. The number of hydrogen-bond donors (Lipinski definition) is 1. The van der Waals surface area contributed by atoms with Crippen LogP contribution in [0.1, 0.15) is 44.2 Å². The molecule has 1 aromatic carbocycles. The molecule has 2 aliphatic heterocycles. The molecular weight excluding hydrogens is 290 g/mol. The molecule has 3 rings (SSSR count). The molecule has 23 heavy (non-hydrogen) atoms. The number of nitrogens with zero attached hydrogens (tertiary/aromatic N) is 1. The Morgan fingerprint density at radius 2 is 1.96 bits per heavy atom. The summed E-state index contributed by atoms with van der Waals surface area (Å²) in [5, 5.41) is 10.1. The highest BCUT2D eigenvalue weighted by Gasteiger charge is 2.48. The van der Waals surface area contributed by atoms with Crippen LogP contribution in [0.15, 0.2) is 30.3 Å². The molecule has 5 atom stereocenters. The van der Waals surface area contributed by atoms with Gasteiger partial charge in [0.25, 0.3) is 0 Å². The fraction of sp³-hybridized carbons (Fsp3) is 0.632. The number of rotatable bonds is 5. The van der Waals surface area contributed by atoms with E-state index in [-0.39, 0.29) is 36.5 Å². The zero-order chi connectivity index (χ0) is 16.4. The van der Waals surface area contributed by atoms with Crippen molar-refractivity contribution in [1.29, 1.82) is 0 Å². The highest BCUT2D eigenvalue weighted by Crippen LogP contribution is 2.43. The third-order valence-electron chi connectivity index (χ3n) is 5.69. The predicted octanol–water partition coefficient (Wildman–Crippen LogP) is 2.57. The van der Waals surface area contributed by atoms with Crippen molar-refractivity contribution in [1.82, 2.24) is 4.90 Å². The number of benzene rings is 1. The van der Waals surface area contributed by atoms with Crippen molar-refractivity contribution in [3.63, 3.8) is 0 Å². The van der Waals surface area contributed by atoms with Crippen LogP contribution >= 0.6 is 0 Å². The van der Waals surface area contributed by atoms with Gasteiger partial charge in [0.05, 0.1) is 24.7 Å². The minimum atomic E-state index is -0.0923. The molecule has 0 aliphatic carbocycles. The SMILES string of the molecule is COC1CC[C@H]2CC[C@@H](C1C(C)=O)N2[C@@H](CO)c1ccccc1. The Balaban J connectivity index is 1.96. The number of ether oxygens (including phenoxy) is 1. The number of aliphatic hydroxyl groups excluding tert-OH is 1. The molecule has 1 aromatic rings. The lowest BCUT2D eigenvalue weighted by Crippen LogP contribution is -2.47. The van der Waals surface area contributed by atoms with Crippen molar-refractivity contribution in [3.8, 4) is 0 Å². The zero-order valence-corrected chi connectivity index (χ0v) is 14.0. The molecule has 0 saturated carbocycles. The van der Waals surface area contributed by atoms with Gasteiger partial charge < -0.3 is 9.84 Å². The van der Waals surface area contributed by atoms with Crippen LogP contribution in [0, 0.1) is 5.92 Å². The zero-order valence-electron chi connectivity index (χ0n) is 14.0. The molecule has 1 N–H and O–H groups in total. The summed E-state index contributed by atoms with van der Waals surface area (Å²) < 4.78 is 5.66. The average Bonchev–Trinajstić information content (AvgIpc) is 2.86. The number of ketones is 1. The van der Waals surface area contributed by atoms with Gasteiger partial charge in [-0.2, -0.15) is 0 Å². The Bertz CT molecular complexity index is 533. The summed E-state index contributed by atoms with van der Waals surface area (Å²) in [6, 6.07) is 10.7. The van der Waals surface area contributed by atoms with E-state index in [0.29, 0.717) is 6.04 Å². The summed E-state index contributed by atoms with van der Waals surface area (Å²) in [6.45, 7) is 1.77. The lowest BCUT2D eigenvalue weighted by atomic mass is 9.85. The van der Waals surface area contributed by atoms with Crippen molar-refractivity contribution in [2.45, 2.75) is 56.8 Å². The molecule has 4 heteroatoms. The number of carbonyl (C=O) groups excluding carboxylic acids is 1. The third kappa shape index (κ3) is 3.08. The van der Waals surface area contributed by atoms with Crippen molar-refractivity contribution >= 4 is 5.78 Å². The molecule has 2 saturated heterocycles. The Kier molecular flexibility index (Phi) is 5.14. The number of methoxy groups -OCH3 is 1. The monoisotopic (exact) mass is 317 g/mol. The molecule has 4 nitrogen and oxygen atoms in total. The highest BCUT2D eigenvalue weighted by molar-refractivity contribution is 5.79. The number of Topliss-reactive ketones (excluding diaryl/α,β-unsaturated/α-hetero) is 1. The Hall–Kier alpha value is -1.23. The van der Waals surface area contributed by atoms with Gasteiger partial charge in [-0.15, -0.1) is 0 Å². The average molecular weight is 317 g/mol. The van der Waals surface area contributed by atoms with Crippen molar-refractivity contribution in [2.75, 3.05) is 13.7 Å². The van der Waals surface area contributed by atoms with Crippen LogP contribution in [-0.2, 0) is 9.53 Å². The van der Waals surface area contributed by atoms with Crippen molar-refractivity contribution in [3.05, 3.63) is 35.9 Å². The Morgan fingerprint density at radius 3 is 2.57 bits per heavy atom. The quantitative estimate of drug-likeness (QED) is 0.907. The first-order chi connectivity index (χ1) is 11.2. The Labute approximate surface area is 138 Å². The lowest BCUT2D eigenvalue weighted by molar-refractivity contribution is -0.128. The van der Waals surface area contributed by atoms with Gasteiger partial charge in [0.15, 0.2) is 0 Å². The van der Waals surface area contributed by atoms with Gasteiger partial charge in [-0.25, -0.2) is 0 Å². The highest BCUT2D eigenvalue weighted by atomic mass is 16.5. The number of fused-ring (bicyclic) bond motifs is 2. The standard InChI is InChI=1S/C19H27NO3/c1-13(22)19-16-10-8-15(9-11-18(19)23-2)20(16)17(12-21)14-6-4-3-5-7-14/h3-7,15-19,21H,8-12H2,1-2H3/t15-,16+,17+,18?,19?/m1/s1. The van der Waals surface area contributed by atoms with Crippen LogP contribution in [0.3, 0.4) is 0 Å². The molecule has 2 aliphatic rings. The van der Waals surface area contributed by atoms with Crippen LogP contribution < -0.4 is 0 Å². The largest absolute Gasteiger partial charge is 0.394 e. The summed E-state index contributed by atoms with van der Waals surface area (Å²) in [5.41, 5.74) is 1.13. The van der Waals surface area contributed by atoms with E-state index in [0.717, 1.165) is 31.2 Å². The molecule has 0 amide bonds. The minimum Gasteiger partial charge on any atom is -0.394 e. The maximum atomic E-state index is 12.3. The first-order valence-corrected chi connectivity index (χ1v) is 8.63. The third-order valence-corrected chi connectivity index (χ3v) is 5.69. The van der Waals surface area contributed by atoms with E-state index in [1.165, 1.54) is 0 Å². The van der Waals surface area contributed by atoms with Gasteiger partial charge in [-0.05, 0) is 38.2 Å². The van der Waals surface area contributed by atoms with Gasteiger partial charge in [0.2, 0.25) is 0 Å². The summed E-state index contributed by atoms with van der Waals surface area (Å²) in [6.07, 6.45) is 4.07. The van der Waals surface area contributed by atoms with E-state index in [2.05, 4.69) is 17.0 Å². The van der Waals surface area contributed by atoms with Crippen LogP contribution in [0.25, 0.3) is 0 Å². The van der Waals surface area contributed by atoms with E-state index in [4.69, 9.17) is 4.74 Å². The maximum absolute atomic E-state index is 12.3. The molecule has 2 bridgehead atoms. The van der Waals surface area contributed by atoms with E-state index in [1.54, 1.807) is 14.0 Å². The van der Waals surface area contributed by atoms with Crippen molar-refractivity contribution in [2.24, 2.45) is 5.92 Å². The van der Waals surface area contributed by atoms with Crippen LogP contribution in [-0.4, -0.2) is 47.7 Å². The Morgan fingerprint density at radius 1 is 1.26 bits per heavy atom. The van der Waals surface area contributed by atoms with Gasteiger partial charge in [-0.1, -0.05) is 30.3 Å². The van der Waals surface area contributed by atoms with Crippen molar-refractivity contribution < 1.29 is 14.6 Å². The second-order valence-corrected chi connectivity index (χ2v) is 6.84. The molecule has 126 valence electrons. The van der Waals surface area contributed by atoms with Gasteiger partial charge in [0, 0.05) is 19.2 Å². The molecule has 0 radical (unpaired) electrons. The summed E-state index contributed by atoms with van der Waals surface area (Å²) in [7, 11) is 1.71. The van der Waals surface area contributed by atoms with E-state index >= 15 is 0 Å². The van der Waals surface area contributed by atoms with Gasteiger partial charge in [-0.3, -0.25) is 9.69 Å². The van der Waals surface area contributed by atoms with E-state index < -0.39 is 0 Å². The summed E-state index contributed by atoms with van der Waals surface area (Å²) in [4.78, 5) is 14.7. The molecule has 0 aromatic heterocycles. The number of hydrogen-bond acceptors (Lipinski definition) is 4. The second kappa shape index (κ2) is 7.12. The topological polar surface area (TPSA) is 49.8 Å². The molecule has 0 spiro atoms. The summed E-state index contributed by atoms with van der Waals surface area (Å²) >= 11 is 0. The fourth-order valence-corrected chi connectivity index (χ4v) is 4.70. The molecule has 2 unspecified atom stereocenters. The van der Waals surface area contributed by atoms with E-state index in [9.17, 15) is 9.90 Å².